The Hall–Kier alpha value is -1.55. The van der Waals surface area contributed by atoms with Crippen molar-refractivity contribution >= 4 is 0 Å². The highest BCUT2D eigenvalue weighted by Crippen LogP contribution is 2.28. The first-order valence-corrected chi connectivity index (χ1v) is 4.94. The Bertz CT molecular complexity index is 377. The van der Waals surface area contributed by atoms with Gasteiger partial charge in [-0.3, -0.25) is 0 Å². The molecule has 16 heavy (non-hydrogen) atoms. The molecule has 0 fully saturated rings. The summed E-state index contributed by atoms with van der Waals surface area (Å²) in [6, 6.07) is 5.47. The molecule has 2 N–H and O–H groups in total. The molecule has 0 bridgehead atoms. The number of hydrogen-bond donors (Lipinski definition) is 1. The maximum atomic E-state index is 12.4. The molecule has 4 heteroatoms. The predicted octanol–water partition coefficient (Wildman–Crippen LogP) is 2.06. The van der Waals surface area contributed by atoms with Crippen molar-refractivity contribution < 1.29 is 13.9 Å². The van der Waals surface area contributed by atoms with Gasteiger partial charge in [-0.1, -0.05) is 6.07 Å². The standard InChI is InChI=1S/C12H16FNO2/c1-15-11-4-3-9(6-12(11)16-2)5-10(7-13)8-14/h3-4,6-7H,5,8,14H2,1-2H3/b10-7-. The Balaban J connectivity index is 2.90. The summed E-state index contributed by atoms with van der Waals surface area (Å²) < 4.78 is 22.6. The van der Waals surface area contributed by atoms with Gasteiger partial charge < -0.3 is 15.2 Å². The van der Waals surface area contributed by atoms with Gasteiger partial charge in [-0.05, 0) is 29.7 Å². The monoisotopic (exact) mass is 225 g/mol. The van der Waals surface area contributed by atoms with Crippen LogP contribution in [0.4, 0.5) is 4.39 Å². The number of ether oxygens (including phenoxy) is 2. The summed E-state index contributed by atoms with van der Waals surface area (Å²) >= 11 is 0. The van der Waals surface area contributed by atoms with E-state index in [1.54, 1.807) is 20.3 Å². The lowest BCUT2D eigenvalue weighted by atomic mass is 10.1. The molecule has 0 unspecified atom stereocenters. The Morgan fingerprint density at radius 3 is 2.50 bits per heavy atom. The summed E-state index contributed by atoms with van der Waals surface area (Å²) in [5.41, 5.74) is 6.88. The van der Waals surface area contributed by atoms with Crippen LogP contribution in [0.5, 0.6) is 11.5 Å². The van der Waals surface area contributed by atoms with Crippen LogP contribution in [0.2, 0.25) is 0 Å². The number of nitrogens with two attached hydrogens (primary N) is 1. The van der Waals surface area contributed by atoms with Gasteiger partial charge in [0.05, 0.1) is 20.5 Å². The highest BCUT2D eigenvalue weighted by molar-refractivity contribution is 5.43. The topological polar surface area (TPSA) is 44.5 Å². The zero-order chi connectivity index (χ0) is 12.0. The van der Waals surface area contributed by atoms with E-state index in [4.69, 9.17) is 15.2 Å². The number of benzene rings is 1. The smallest absolute Gasteiger partial charge is 0.160 e. The number of rotatable bonds is 5. The second-order valence-electron chi connectivity index (χ2n) is 3.34. The minimum atomic E-state index is 0.213. The van der Waals surface area contributed by atoms with E-state index in [0.29, 0.717) is 29.8 Å². The minimum Gasteiger partial charge on any atom is -0.493 e. The molecule has 1 aromatic rings. The maximum Gasteiger partial charge on any atom is 0.160 e. The molecule has 0 spiro atoms. The van der Waals surface area contributed by atoms with Gasteiger partial charge in [-0.15, -0.1) is 0 Å². The minimum absolute atomic E-state index is 0.213. The van der Waals surface area contributed by atoms with Gasteiger partial charge in [0.25, 0.3) is 0 Å². The Labute approximate surface area is 94.7 Å². The van der Waals surface area contributed by atoms with E-state index < -0.39 is 0 Å². The molecule has 1 rings (SSSR count). The van der Waals surface area contributed by atoms with Crippen LogP contribution in [-0.4, -0.2) is 20.8 Å². The van der Waals surface area contributed by atoms with Crippen molar-refractivity contribution in [3.8, 4) is 11.5 Å². The summed E-state index contributed by atoms with van der Waals surface area (Å²) in [5.74, 6) is 1.29. The van der Waals surface area contributed by atoms with Gasteiger partial charge in [0, 0.05) is 6.54 Å². The summed E-state index contributed by atoms with van der Waals surface area (Å²) in [6.45, 7) is 0.213. The summed E-state index contributed by atoms with van der Waals surface area (Å²) in [7, 11) is 3.14. The fourth-order valence-corrected chi connectivity index (χ4v) is 1.41. The van der Waals surface area contributed by atoms with E-state index >= 15 is 0 Å². The van der Waals surface area contributed by atoms with E-state index in [1.807, 2.05) is 12.1 Å². The van der Waals surface area contributed by atoms with Crippen molar-refractivity contribution in [1.29, 1.82) is 0 Å². The third-order valence-corrected chi connectivity index (χ3v) is 2.30. The number of hydrogen-bond acceptors (Lipinski definition) is 3. The summed E-state index contributed by atoms with van der Waals surface area (Å²) in [5, 5.41) is 0. The second kappa shape index (κ2) is 6.12. The van der Waals surface area contributed by atoms with Crippen LogP contribution in [0.15, 0.2) is 30.1 Å². The quantitative estimate of drug-likeness (QED) is 0.834. The predicted molar refractivity (Wildman–Crippen MR) is 61.5 cm³/mol. The van der Waals surface area contributed by atoms with Crippen LogP contribution in [-0.2, 0) is 6.42 Å². The number of halogens is 1. The van der Waals surface area contributed by atoms with E-state index in [1.165, 1.54) is 0 Å². The lowest BCUT2D eigenvalue weighted by molar-refractivity contribution is 0.354. The van der Waals surface area contributed by atoms with Crippen LogP contribution in [0.3, 0.4) is 0 Å². The average Bonchev–Trinajstić information content (AvgIpc) is 2.35. The van der Waals surface area contributed by atoms with E-state index in [-0.39, 0.29) is 6.54 Å². The van der Waals surface area contributed by atoms with Crippen LogP contribution < -0.4 is 15.2 Å². The zero-order valence-corrected chi connectivity index (χ0v) is 9.50. The molecule has 0 aliphatic heterocycles. The van der Waals surface area contributed by atoms with Crippen molar-refractivity contribution in [3.63, 3.8) is 0 Å². The first kappa shape index (κ1) is 12.5. The highest BCUT2D eigenvalue weighted by Gasteiger charge is 2.05. The molecule has 3 nitrogen and oxygen atoms in total. The van der Waals surface area contributed by atoms with Crippen molar-refractivity contribution in [1.82, 2.24) is 0 Å². The molecular formula is C12H16FNO2. The van der Waals surface area contributed by atoms with Crippen molar-refractivity contribution in [2.24, 2.45) is 5.73 Å². The zero-order valence-electron chi connectivity index (χ0n) is 9.50. The molecular weight excluding hydrogens is 209 g/mol. The van der Waals surface area contributed by atoms with Gasteiger partial charge in [0.15, 0.2) is 11.5 Å². The Morgan fingerprint density at radius 1 is 1.31 bits per heavy atom. The van der Waals surface area contributed by atoms with E-state index in [9.17, 15) is 4.39 Å². The average molecular weight is 225 g/mol. The SMILES string of the molecule is COc1ccc(C/C(=C/F)CN)cc1OC. The van der Waals surface area contributed by atoms with Gasteiger partial charge in [0.1, 0.15) is 0 Å². The van der Waals surface area contributed by atoms with Gasteiger partial charge >= 0.3 is 0 Å². The summed E-state index contributed by atoms with van der Waals surface area (Å²) in [4.78, 5) is 0. The Morgan fingerprint density at radius 2 is 2.00 bits per heavy atom. The number of methoxy groups -OCH3 is 2. The van der Waals surface area contributed by atoms with E-state index in [2.05, 4.69) is 0 Å². The first-order valence-electron chi connectivity index (χ1n) is 4.94. The lowest BCUT2D eigenvalue weighted by Gasteiger charge is -2.10. The highest BCUT2D eigenvalue weighted by atomic mass is 19.1. The van der Waals surface area contributed by atoms with Crippen molar-refractivity contribution in [2.75, 3.05) is 20.8 Å². The molecule has 0 atom stereocenters. The van der Waals surface area contributed by atoms with Gasteiger partial charge in [0.2, 0.25) is 0 Å². The molecule has 0 radical (unpaired) electrons. The van der Waals surface area contributed by atoms with Gasteiger partial charge in [-0.25, -0.2) is 4.39 Å². The molecule has 88 valence electrons. The van der Waals surface area contributed by atoms with Crippen LogP contribution in [0, 0.1) is 0 Å². The van der Waals surface area contributed by atoms with Crippen molar-refractivity contribution in [2.45, 2.75) is 6.42 Å². The molecule has 0 saturated carbocycles. The molecule has 0 aliphatic carbocycles. The van der Waals surface area contributed by atoms with Crippen LogP contribution in [0.25, 0.3) is 0 Å². The second-order valence-corrected chi connectivity index (χ2v) is 3.34. The summed E-state index contributed by atoms with van der Waals surface area (Å²) in [6.07, 6.45) is 1.03. The Kier molecular flexibility index (Phi) is 4.79. The normalized spacial score (nSPS) is 11.4. The first-order chi connectivity index (χ1) is 7.74. The molecule has 1 aromatic carbocycles. The van der Waals surface area contributed by atoms with Crippen LogP contribution >= 0.6 is 0 Å². The van der Waals surface area contributed by atoms with E-state index in [0.717, 1.165) is 5.56 Å². The molecule has 0 amide bonds. The molecule has 0 aromatic heterocycles. The third kappa shape index (κ3) is 2.97. The third-order valence-electron chi connectivity index (χ3n) is 2.30. The largest absolute Gasteiger partial charge is 0.493 e. The van der Waals surface area contributed by atoms with Crippen molar-refractivity contribution in [3.05, 3.63) is 35.7 Å². The molecule has 0 aliphatic rings. The fourth-order valence-electron chi connectivity index (χ4n) is 1.41. The molecule has 0 heterocycles. The van der Waals surface area contributed by atoms with Crippen LogP contribution in [0.1, 0.15) is 5.56 Å². The van der Waals surface area contributed by atoms with Gasteiger partial charge in [-0.2, -0.15) is 0 Å². The fraction of sp³-hybridized carbons (Fsp3) is 0.333. The lowest BCUT2D eigenvalue weighted by Crippen LogP contribution is -2.05. The maximum absolute atomic E-state index is 12.4. The molecule has 0 saturated heterocycles.